The Bertz CT molecular complexity index is 368. The van der Waals surface area contributed by atoms with Crippen LogP contribution in [0.5, 0.6) is 5.75 Å². The fourth-order valence-electron chi connectivity index (χ4n) is 1.21. The van der Waals surface area contributed by atoms with E-state index in [-0.39, 0.29) is 5.78 Å². The Morgan fingerprint density at radius 2 is 2.00 bits per heavy atom. The van der Waals surface area contributed by atoms with Gasteiger partial charge in [-0.25, -0.2) is 0 Å². The molecule has 0 bridgehead atoms. The molecule has 0 amide bonds. The second kappa shape index (κ2) is 6.08. The van der Waals surface area contributed by atoms with Crippen LogP contribution in [-0.4, -0.2) is 26.0 Å². The molecule has 0 heterocycles. The summed E-state index contributed by atoms with van der Waals surface area (Å²) in [6.45, 7) is 6.52. The smallest absolute Gasteiger partial charge is 0.176 e. The van der Waals surface area contributed by atoms with Crippen molar-refractivity contribution in [2.45, 2.75) is 6.92 Å². The van der Waals surface area contributed by atoms with Gasteiger partial charge in [-0.2, -0.15) is 0 Å². The van der Waals surface area contributed by atoms with Crippen molar-refractivity contribution >= 4 is 5.78 Å². The van der Waals surface area contributed by atoms with Crippen molar-refractivity contribution in [2.75, 3.05) is 20.2 Å². The zero-order valence-electron chi connectivity index (χ0n) is 9.75. The number of carbonyl (C=O) groups excluding carboxylic acids is 1. The van der Waals surface area contributed by atoms with Crippen molar-refractivity contribution in [2.24, 2.45) is 0 Å². The lowest BCUT2D eigenvalue weighted by Crippen LogP contribution is -2.18. The van der Waals surface area contributed by atoms with Gasteiger partial charge in [0.1, 0.15) is 12.4 Å². The first-order chi connectivity index (χ1) is 7.63. The first kappa shape index (κ1) is 12.5. The van der Waals surface area contributed by atoms with Crippen LogP contribution in [0.2, 0.25) is 0 Å². The van der Waals surface area contributed by atoms with Crippen LogP contribution in [0.15, 0.2) is 36.4 Å². The molecule has 3 nitrogen and oxygen atoms in total. The minimum Gasteiger partial charge on any atom is -0.489 e. The van der Waals surface area contributed by atoms with E-state index in [1.807, 2.05) is 6.92 Å². The Balaban J connectivity index is 2.60. The number of ketones is 1. The van der Waals surface area contributed by atoms with E-state index in [2.05, 4.69) is 11.9 Å². The molecule has 0 aromatic heterocycles. The molecule has 0 aliphatic carbocycles. The highest BCUT2D eigenvalue weighted by molar-refractivity contribution is 5.97. The third kappa shape index (κ3) is 3.87. The van der Waals surface area contributed by atoms with Gasteiger partial charge in [-0.05, 0) is 43.8 Å². The van der Waals surface area contributed by atoms with Crippen LogP contribution in [0.1, 0.15) is 17.3 Å². The van der Waals surface area contributed by atoms with Crippen LogP contribution in [-0.2, 0) is 0 Å². The topological polar surface area (TPSA) is 38.3 Å². The summed E-state index contributed by atoms with van der Waals surface area (Å²) in [6, 6.07) is 7.14. The first-order valence-electron chi connectivity index (χ1n) is 5.18. The van der Waals surface area contributed by atoms with Crippen molar-refractivity contribution in [3.8, 4) is 5.75 Å². The summed E-state index contributed by atoms with van der Waals surface area (Å²) >= 11 is 0. The fourth-order valence-corrected chi connectivity index (χ4v) is 1.21. The van der Waals surface area contributed by atoms with Gasteiger partial charge in [0.05, 0.1) is 6.54 Å². The molecule has 0 aliphatic rings. The molecular weight excluding hydrogens is 202 g/mol. The van der Waals surface area contributed by atoms with Crippen LogP contribution < -0.4 is 10.1 Å². The summed E-state index contributed by atoms with van der Waals surface area (Å²) in [5.74, 6) is 0.831. The quantitative estimate of drug-likeness (QED) is 0.588. The third-order valence-electron chi connectivity index (χ3n) is 2.00. The highest BCUT2D eigenvalue weighted by atomic mass is 16.5. The van der Waals surface area contributed by atoms with Crippen LogP contribution in [0.25, 0.3) is 0 Å². The number of carbonyl (C=O) groups is 1. The number of benzene rings is 1. The van der Waals surface area contributed by atoms with Crippen molar-refractivity contribution in [3.63, 3.8) is 0 Å². The number of rotatable bonds is 6. The molecule has 3 heteroatoms. The SMILES string of the molecule is C=C(C)COc1ccc(C(=O)CNC)cc1. The average molecular weight is 219 g/mol. The summed E-state index contributed by atoms with van der Waals surface area (Å²) < 4.78 is 5.44. The van der Waals surface area contributed by atoms with E-state index in [0.717, 1.165) is 11.3 Å². The molecule has 0 radical (unpaired) electrons. The number of ether oxygens (including phenoxy) is 1. The minimum atomic E-state index is 0.0777. The zero-order valence-corrected chi connectivity index (χ0v) is 9.75. The van der Waals surface area contributed by atoms with Crippen molar-refractivity contribution in [3.05, 3.63) is 42.0 Å². The summed E-state index contributed by atoms with van der Waals surface area (Å²) in [5.41, 5.74) is 1.66. The molecule has 86 valence electrons. The molecule has 0 spiro atoms. The largest absolute Gasteiger partial charge is 0.489 e. The second-order valence-electron chi connectivity index (χ2n) is 3.72. The zero-order chi connectivity index (χ0) is 12.0. The van der Waals surface area contributed by atoms with Gasteiger partial charge >= 0.3 is 0 Å². The maximum absolute atomic E-state index is 11.5. The van der Waals surface area contributed by atoms with Crippen molar-refractivity contribution < 1.29 is 9.53 Å². The number of hydrogen-bond donors (Lipinski definition) is 1. The molecule has 0 fully saturated rings. The maximum atomic E-state index is 11.5. The molecule has 1 N–H and O–H groups in total. The minimum absolute atomic E-state index is 0.0777. The fraction of sp³-hybridized carbons (Fsp3) is 0.308. The first-order valence-corrected chi connectivity index (χ1v) is 5.18. The molecule has 1 rings (SSSR count). The summed E-state index contributed by atoms with van der Waals surface area (Å²) in [4.78, 5) is 11.5. The Labute approximate surface area is 96.1 Å². The summed E-state index contributed by atoms with van der Waals surface area (Å²) in [5, 5.41) is 2.83. The predicted octanol–water partition coefficient (Wildman–Crippen LogP) is 2.04. The second-order valence-corrected chi connectivity index (χ2v) is 3.72. The molecule has 16 heavy (non-hydrogen) atoms. The van der Waals surface area contributed by atoms with E-state index in [1.54, 1.807) is 31.3 Å². The molecule has 0 saturated carbocycles. The van der Waals surface area contributed by atoms with Gasteiger partial charge < -0.3 is 10.1 Å². The van der Waals surface area contributed by atoms with Gasteiger partial charge in [0.15, 0.2) is 5.78 Å². The van der Waals surface area contributed by atoms with E-state index in [1.165, 1.54) is 0 Å². The molecule has 1 aromatic carbocycles. The molecule has 0 atom stereocenters. The highest BCUT2D eigenvalue weighted by Crippen LogP contribution is 2.13. The van der Waals surface area contributed by atoms with Gasteiger partial charge in [0.25, 0.3) is 0 Å². The highest BCUT2D eigenvalue weighted by Gasteiger charge is 2.04. The van der Waals surface area contributed by atoms with Crippen molar-refractivity contribution in [1.82, 2.24) is 5.32 Å². The normalized spacial score (nSPS) is 9.88. The molecule has 0 unspecified atom stereocenters. The maximum Gasteiger partial charge on any atom is 0.176 e. The number of likely N-dealkylation sites (N-methyl/N-ethyl adjacent to an activating group) is 1. The lowest BCUT2D eigenvalue weighted by Gasteiger charge is -2.06. The van der Waals surface area contributed by atoms with Crippen molar-refractivity contribution in [1.29, 1.82) is 0 Å². The molecule has 0 aliphatic heterocycles. The number of Topliss-reactive ketones (excluding diaryl/α,β-unsaturated/α-hetero) is 1. The van der Waals surface area contributed by atoms with Crippen LogP contribution >= 0.6 is 0 Å². The van der Waals surface area contributed by atoms with E-state index in [0.29, 0.717) is 18.7 Å². The monoisotopic (exact) mass is 219 g/mol. The molecular formula is C13H17NO2. The Morgan fingerprint density at radius 1 is 1.38 bits per heavy atom. The third-order valence-corrected chi connectivity index (χ3v) is 2.00. The Morgan fingerprint density at radius 3 is 2.50 bits per heavy atom. The number of hydrogen-bond acceptors (Lipinski definition) is 3. The average Bonchev–Trinajstić information content (AvgIpc) is 2.27. The lowest BCUT2D eigenvalue weighted by atomic mass is 10.1. The van der Waals surface area contributed by atoms with E-state index in [9.17, 15) is 4.79 Å². The molecule has 0 saturated heterocycles. The van der Waals surface area contributed by atoms with Crippen LogP contribution in [0.3, 0.4) is 0 Å². The van der Waals surface area contributed by atoms with E-state index >= 15 is 0 Å². The van der Waals surface area contributed by atoms with E-state index < -0.39 is 0 Å². The molecule has 1 aromatic rings. The van der Waals surface area contributed by atoms with Gasteiger partial charge in [-0.15, -0.1) is 0 Å². The summed E-state index contributed by atoms with van der Waals surface area (Å²) in [7, 11) is 1.75. The Hall–Kier alpha value is -1.61. The van der Waals surface area contributed by atoms with Gasteiger partial charge in [-0.3, -0.25) is 4.79 Å². The van der Waals surface area contributed by atoms with Gasteiger partial charge in [0, 0.05) is 5.56 Å². The van der Waals surface area contributed by atoms with Gasteiger partial charge in [0.2, 0.25) is 0 Å². The van der Waals surface area contributed by atoms with Gasteiger partial charge in [-0.1, -0.05) is 6.58 Å². The standard InChI is InChI=1S/C13H17NO2/c1-10(2)9-16-12-6-4-11(5-7-12)13(15)8-14-3/h4-7,14H,1,8-9H2,2-3H3. The Kier molecular flexibility index (Phi) is 4.73. The summed E-state index contributed by atoms with van der Waals surface area (Å²) in [6.07, 6.45) is 0. The lowest BCUT2D eigenvalue weighted by molar-refractivity contribution is 0.0993. The predicted molar refractivity (Wildman–Crippen MR) is 65.0 cm³/mol. The van der Waals surface area contributed by atoms with E-state index in [4.69, 9.17) is 4.74 Å². The van der Waals surface area contributed by atoms with Crippen LogP contribution in [0.4, 0.5) is 0 Å². The van der Waals surface area contributed by atoms with Crippen LogP contribution in [0, 0.1) is 0 Å². The number of nitrogens with one attached hydrogen (secondary N) is 1.